The quantitative estimate of drug-likeness (QED) is 0.719. The molecule has 1 aliphatic heterocycles. The van der Waals surface area contributed by atoms with Gasteiger partial charge in [-0.05, 0) is 48.9 Å². The number of hydrazone groups is 1. The molecule has 3 rings (SSSR count). The Labute approximate surface area is 154 Å². The van der Waals surface area contributed by atoms with Crippen LogP contribution in [0.15, 0.2) is 57.6 Å². The highest BCUT2D eigenvalue weighted by atomic mass is 79.9. The van der Waals surface area contributed by atoms with Crippen LogP contribution in [0.5, 0.6) is 11.5 Å². The van der Waals surface area contributed by atoms with Gasteiger partial charge in [-0.3, -0.25) is 4.79 Å². The number of anilines is 1. The molecule has 0 fully saturated rings. The van der Waals surface area contributed by atoms with Crippen molar-refractivity contribution < 1.29 is 14.3 Å². The van der Waals surface area contributed by atoms with E-state index in [0.717, 1.165) is 15.7 Å². The van der Waals surface area contributed by atoms with Crippen LogP contribution < -0.4 is 14.5 Å². The summed E-state index contributed by atoms with van der Waals surface area (Å²) in [4.78, 5) is 12.8. The van der Waals surface area contributed by atoms with Crippen molar-refractivity contribution in [1.29, 1.82) is 0 Å². The first kappa shape index (κ1) is 17.2. The van der Waals surface area contributed by atoms with Crippen LogP contribution >= 0.6 is 15.9 Å². The summed E-state index contributed by atoms with van der Waals surface area (Å²) in [5, 5.41) is 5.80. The number of hydrogen-bond donors (Lipinski definition) is 0. The van der Waals surface area contributed by atoms with Crippen molar-refractivity contribution in [2.75, 3.05) is 19.2 Å². The SMILES string of the molecule is COc1ccc(C=C2C(=O)N(c3cccc(Br)c3)N=C2C)cc1OC. The van der Waals surface area contributed by atoms with E-state index in [1.165, 1.54) is 5.01 Å². The predicted octanol–water partition coefficient (Wildman–Crippen LogP) is 4.27. The van der Waals surface area contributed by atoms with Gasteiger partial charge in [-0.2, -0.15) is 10.1 Å². The molecule has 0 unspecified atom stereocenters. The average Bonchev–Trinajstić information content (AvgIpc) is 2.89. The standard InChI is InChI=1S/C19H17BrN2O3/c1-12-16(9-13-7-8-17(24-2)18(10-13)25-3)19(23)22(21-12)15-6-4-5-14(20)11-15/h4-11H,1-3H3. The van der Waals surface area contributed by atoms with Gasteiger partial charge in [-0.15, -0.1) is 0 Å². The number of methoxy groups -OCH3 is 2. The Hall–Kier alpha value is -2.60. The normalized spacial score (nSPS) is 15.5. The van der Waals surface area contributed by atoms with E-state index < -0.39 is 0 Å². The van der Waals surface area contributed by atoms with E-state index in [2.05, 4.69) is 21.0 Å². The Morgan fingerprint density at radius 2 is 1.84 bits per heavy atom. The number of amides is 1. The highest BCUT2D eigenvalue weighted by molar-refractivity contribution is 9.10. The lowest BCUT2D eigenvalue weighted by atomic mass is 10.1. The van der Waals surface area contributed by atoms with Crippen LogP contribution in [0.3, 0.4) is 0 Å². The molecule has 0 bridgehead atoms. The van der Waals surface area contributed by atoms with Crippen LogP contribution in [0.2, 0.25) is 0 Å². The van der Waals surface area contributed by atoms with Crippen molar-refractivity contribution >= 4 is 39.3 Å². The molecule has 0 N–H and O–H groups in total. The highest BCUT2D eigenvalue weighted by Gasteiger charge is 2.28. The van der Waals surface area contributed by atoms with Crippen LogP contribution in [0.4, 0.5) is 5.69 Å². The second-order valence-corrected chi connectivity index (χ2v) is 6.37. The van der Waals surface area contributed by atoms with Crippen LogP contribution in [0.1, 0.15) is 12.5 Å². The molecule has 1 amide bonds. The molecule has 1 aliphatic rings. The number of ether oxygens (including phenoxy) is 2. The van der Waals surface area contributed by atoms with E-state index in [1.54, 1.807) is 20.3 Å². The minimum atomic E-state index is -0.162. The van der Waals surface area contributed by atoms with Crippen LogP contribution in [-0.4, -0.2) is 25.8 Å². The summed E-state index contributed by atoms with van der Waals surface area (Å²) in [6, 6.07) is 13.0. The van der Waals surface area contributed by atoms with Gasteiger partial charge >= 0.3 is 0 Å². The van der Waals surface area contributed by atoms with Crippen LogP contribution in [0, 0.1) is 0 Å². The zero-order valence-corrected chi connectivity index (χ0v) is 15.7. The number of rotatable bonds is 4. The molecule has 25 heavy (non-hydrogen) atoms. The van der Waals surface area contributed by atoms with Gasteiger partial charge in [0, 0.05) is 4.47 Å². The summed E-state index contributed by atoms with van der Waals surface area (Å²) >= 11 is 3.42. The molecule has 0 spiro atoms. The van der Waals surface area contributed by atoms with E-state index in [0.29, 0.717) is 22.8 Å². The lowest BCUT2D eigenvalue weighted by Gasteiger charge is -2.12. The van der Waals surface area contributed by atoms with Crippen molar-refractivity contribution in [2.24, 2.45) is 5.10 Å². The highest BCUT2D eigenvalue weighted by Crippen LogP contribution is 2.30. The van der Waals surface area contributed by atoms with Crippen LogP contribution in [-0.2, 0) is 4.79 Å². The number of carbonyl (C=O) groups is 1. The Morgan fingerprint density at radius 3 is 2.52 bits per heavy atom. The molecule has 6 heteroatoms. The summed E-state index contributed by atoms with van der Waals surface area (Å²) in [5.74, 6) is 1.09. The maximum absolute atomic E-state index is 12.8. The fraction of sp³-hybridized carbons (Fsp3) is 0.158. The Bertz CT molecular complexity index is 890. The maximum atomic E-state index is 12.8. The summed E-state index contributed by atoms with van der Waals surface area (Å²) < 4.78 is 11.4. The van der Waals surface area contributed by atoms with E-state index in [4.69, 9.17) is 9.47 Å². The summed E-state index contributed by atoms with van der Waals surface area (Å²) in [7, 11) is 3.17. The van der Waals surface area contributed by atoms with E-state index >= 15 is 0 Å². The number of carbonyl (C=O) groups excluding carboxylic acids is 1. The zero-order valence-electron chi connectivity index (χ0n) is 14.1. The van der Waals surface area contributed by atoms with Crippen molar-refractivity contribution in [2.45, 2.75) is 6.92 Å². The van der Waals surface area contributed by atoms with E-state index in [-0.39, 0.29) is 5.91 Å². The van der Waals surface area contributed by atoms with Gasteiger partial charge in [0.2, 0.25) is 0 Å². The minimum absolute atomic E-state index is 0.162. The minimum Gasteiger partial charge on any atom is -0.493 e. The van der Waals surface area contributed by atoms with Crippen molar-refractivity contribution in [3.8, 4) is 11.5 Å². The topological polar surface area (TPSA) is 51.1 Å². The molecule has 0 aliphatic carbocycles. The average molecular weight is 401 g/mol. The van der Waals surface area contributed by atoms with Crippen LogP contribution in [0.25, 0.3) is 6.08 Å². The van der Waals surface area contributed by atoms with Gasteiger partial charge in [0.25, 0.3) is 5.91 Å². The van der Waals surface area contributed by atoms with Crippen molar-refractivity contribution in [3.63, 3.8) is 0 Å². The Kier molecular flexibility index (Phi) is 4.90. The predicted molar refractivity (Wildman–Crippen MR) is 102 cm³/mol. The molecule has 2 aromatic carbocycles. The lowest BCUT2D eigenvalue weighted by molar-refractivity contribution is -0.114. The first-order valence-electron chi connectivity index (χ1n) is 7.63. The number of halogens is 1. The number of hydrogen-bond acceptors (Lipinski definition) is 4. The summed E-state index contributed by atoms with van der Waals surface area (Å²) in [6.45, 7) is 1.82. The molecule has 0 radical (unpaired) electrons. The largest absolute Gasteiger partial charge is 0.493 e. The van der Waals surface area contributed by atoms with E-state index in [9.17, 15) is 4.79 Å². The molecular weight excluding hydrogens is 384 g/mol. The zero-order chi connectivity index (χ0) is 18.0. The molecule has 0 saturated carbocycles. The third kappa shape index (κ3) is 3.44. The molecule has 5 nitrogen and oxygen atoms in total. The number of benzene rings is 2. The third-order valence-corrected chi connectivity index (χ3v) is 4.33. The van der Waals surface area contributed by atoms with Gasteiger partial charge < -0.3 is 9.47 Å². The fourth-order valence-electron chi connectivity index (χ4n) is 2.58. The summed E-state index contributed by atoms with van der Waals surface area (Å²) in [5.41, 5.74) is 2.77. The third-order valence-electron chi connectivity index (χ3n) is 3.83. The molecule has 128 valence electrons. The second kappa shape index (κ2) is 7.11. The van der Waals surface area contributed by atoms with Gasteiger partial charge in [-0.25, -0.2) is 0 Å². The molecule has 1 heterocycles. The molecule has 2 aromatic rings. The maximum Gasteiger partial charge on any atom is 0.280 e. The Morgan fingerprint density at radius 1 is 1.08 bits per heavy atom. The van der Waals surface area contributed by atoms with Gasteiger partial charge in [0.15, 0.2) is 11.5 Å². The smallest absolute Gasteiger partial charge is 0.280 e. The molecular formula is C19H17BrN2O3. The Balaban J connectivity index is 1.95. The van der Waals surface area contributed by atoms with E-state index in [1.807, 2.05) is 49.4 Å². The first-order valence-corrected chi connectivity index (χ1v) is 8.42. The first-order chi connectivity index (χ1) is 12.0. The lowest BCUT2D eigenvalue weighted by Crippen LogP contribution is -2.21. The second-order valence-electron chi connectivity index (χ2n) is 5.45. The number of nitrogens with zero attached hydrogens (tertiary/aromatic N) is 2. The molecule has 0 saturated heterocycles. The summed E-state index contributed by atoms with van der Waals surface area (Å²) in [6.07, 6.45) is 1.81. The fourth-order valence-corrected chi connectivity index (χ4v) is 2.96. The van der Waals surface area contributed by atoms with Gasteiger partial charge in [0.1, 0.15) is 0 Å². The van der Waals surface area contributed by atoms with Gasteiger partial charge in [0.05, 0.1) is 31.2 Å². The van der Waals surface area contributed by atoms with Crippen molar-refractivity contribution in [1.82, 2.24) is 0 Å². The van der Waals surface area contributed by atoms with Crippen molar-refractivity contribution in [3.05, 3.63) is 58.1 Å². The van der Waals surface area contributed by atoms with Gasteiger partial charge in [-0.1, -0.05) is 28.1 Å². The monoisotopic (exact) mass is 400 g/mol. The molecule has 0 aromatic heterocycles. The molecule has 0 atom stereocenters.